The van der Waals surface area contributed by atoms with Gasteiger partial charge >= 0.3 is 0 Å². The predicted molar refractivity (Wildman–Crippen MR) is 60.8 cm³/mol. The van der Waals surface area contributed by atoms with Crippen LogP contribution in [0, 0.1) is 6.92 Å². The van der Waals surface area contributed by atoms with Crippen molar-refractivity contribution < 1.29 is 13.9 Å². The Morgan fingerprint density at radius 2 is 2.06 bits per heavy atom. The van der Waals surface area contributed by atoms with Crippen molar-refractivity contribution in [3.05, 3.63) is 41.7 Å². The largest absolute Gasteiger partial charge is 0.497 e. The molecule has 0 N–H and O–H groups in total. The van der Waals surface area contributed by atoms with Gasteiger partial charge in [0, 0.05) is 11.1 Å². The molecule has 0 radical (unpaired) electrons. The van der Waals surface area contributed by atoms with Crippen LogP contribution >= 0.6 is 0 Å². The fraction of sp³-hybridized carbons (Fsp3) is 0.154. The lowest BCUT2D eigenvalue weighted by atomic mass is 10.1. The van der Waals surface area contributed by atoms with Crippen LogP contribution in [0.25, 0.3) is 11.3 Å². The van der Waals surface area contributed by atoms with Gasteiger partial charge in [0.1, 0.15) is 17.3 Å². The number of aldehydes is 1. The van der Waals surface area contributed by atoms with Gasteiger partial charge in [0.15, 0.2) is 6.29 Å². The van der Waals surface area contributed by atoms with Crippen molar-refractivity contribution in [1.29, 1.82) is 0 Å². The average Bonchev–Trinajstić information content (AvgIpc) is 2.74. The number of carbonyl (C=O) groups excluding carboxylic acids is 1. The van der Waals surface area contributed by atoms with Gasteiger partial charge in [-0.05, 0) is 37.3 Å². The maximum atomic E-state index is 11.0. The summed E-state index contributed by atoms with van der Waals surface area (Å²) in [5.74, 6) is 2.18. The van der Waals surface area contributed by atoms with Crippen LogP contribution in [-0.4, -0.2) is 13.4 Å². The lowest BCUT2D eigenvalue weighted by Gasteiger charge is -2.04. The number of rotatable bonds is 3. The summed E-state index contributed by atoms with van der Waals surface area (Å²) in [5, 5.41) is 0. The molecule has 2 aromatic rings. The summed E-state index contributed by atoms with van der Waals surface area (Å²) in [4.78, 5) is 11.0. The third-order valence-corrected chi connectivity index (χ3v) is 2.39. The second kappa shape index (κ2) is 4.23. The summed E-state index contributed by atoms with van der Waals surface area (Å²) >= 11 is 0. The minimum atomic E-state index is 0.564. The summed E-state index contributed by atoms with van der Waals surface area (Å²) in [6, 6.07) is 9.04. The van der Waals surface area contributed by atoms with E-state index in [2.05, 4.69) is 0 Å². The van der Waals surface area contributed by atoms with Gasteiger partial charge in [-0.3, -0.25) is 4.79 Å². The number of benzene rings is 1. The third-order valence-electron chi connectivity index (χ3n) is 2.39. The molecule has 0 aliphatic heterocycles. The van der Waals surface area contributed by atoms with Crippen molar-refractivity contribution in [3.63, 3.8) is 0 Å². The number of hydrogen-bond acceptors (Lipinski definition) is 3. The topological polar surface area (TPSA) is 39.4 Å². The van der Waals surface area contributed by atoms with Crippen LogP contribution in [-0.2, 0) is 0 Å². The maximum Gasteiger partial charge on any atom is 0.150 e. The molecular formula is C13H12O3. The molecule has 1 aromatic heterocycles. The van der Waals surface area contributed by atoms with Crippen LogP contribution in [0.1, 0.15) is 16.1 Å². The zero-order valence-electron chi connectivity index (χ0n) is 9.19. The first-order chi connectivity index (χ1) is 7.74. The molecule has 1 heterocycles. The minimum absolute atomic E-state index is 0.564. The first-order valence-electron chi connectivity index (χ1n) is 4.94. The van der Waals surface area contributed by atoms with Crippen LogP contribution in [0.4, 0.5) is 0 Å². The summed E-state index contributed by atoms with van der Waals surface area (Å²) in [7, 11) is 1.57. The highest BCUT2D eigenvalue weighted by Crippen LogP contribution is 2.27. The predicted octanol–water partition coefficient (Wildman–Crippen LogP) is 3.08. The Bertz CT molecular complexity index is 512. The Kier molecular flexibility index (Phi) is 2.77. The molecular weight excluding hydrogens is 204 g/mol. The van der Waals surface area contributed by atoms with E-state index in [4.69, 9.17) is 9.15 Å². The quantitative estimate of drug-likeness (QED) is 0.740. The van der Waals surface area contributed by atoms with Gasteiger partial charge in [-0.2, -0.15) is 0 Å². The van der Waals surface area contributed by atoms with E-state index in [1.165, 1.54) is 0 Å². The zero-order chi connectivity index (χ0) is 11.5. The van der Waals surface area contributed by atoms with E-state index in [9.17, 15) is 4.79 Å². The zero-order valence-corrected chi connectivity index (χ0v) is 9.19. The van der Waals surface area contributed by atoms with Gasteiger partial charge < -0.3 is 9.15 Å². The van der Waals surface area contributed by atoms with Crippen LogP contribution in [0.2, 0.25) is 0 Å². The lowest BCUT2D eigenvalue weighted by Crippen LogP contribution is -1.89. The van der Waals surface area contributed by atoms with Crippen molar-refractivity contribution in [2.75, 3.05) is 7.11 Å². The monoisotopic (exact) mass is 216 g/mol. The highest BCUT2D eigenvalue weighted by Gasteiger charge is 2.09. The molecule has 0 aliphatic rings. The Balaban J connectivity index is 2.52. The normalized spacial score (nSPS) is 10.1. The molecule has 0 unspecified atom stereocenters. The van der Waals surface area contributed by atoms with E-state index in [1.54, 1.807) is 19.2 Å². The molecule has 0 spiro atoms. The third kappa shape index (κ3) is 1.84. The van der Waals surface area contributed by atoms with Crippen molar-refractivity contribution >= 4 is 6.29 Å². The summed E-state index contributed by atoms with van der Waals surface area (Å²) in [6.07, 6.45) is 0.801. The number of aryl methyl sites for hydroxylation is 1. The van der Waals surface area contributed by atoms with Crippen LogP contribution in [0.15, 0.2) is 34.7 Å². The molecule has 1 aromatic carbocycles. The van der Waals surface area contributed by atoms with Gasteiger partial charge in [0.2, 0.25) is 0 Å². The van der Waals surface area contributed by atoms with Crippen molar-refractivity contribution in [1.82, 2.24) is 0 Å². The molecule has 0 amide bonds. The van der Waals surface area contributed by atoms with Gasteiger partial charge in [-0.1, -0.05) is 0 Å². The van der Waals surface area contributed by atoms with E-state index in [0.29, 0.717) is 17.1 Å². The first-order valence-corrected chi connectivity index (χ1v) is 4.94. The van der Waals surface area contributed by atoms with Crippen molar-refractivity contribution in [2.45, 2.75) is 6.92 Å². The Morgan fingerprint density at radius 1 is 1.25 bits per heavy atom. The van der Waals surface area contributed by atoms with E-state index in [0.717, 1.165) is 17.6 Å². The second-order valence-electron chi connectivity index (χ2n) is 3.48. The fourth-order valence-electron chi connectivity index (χ4n) is 1.57. The van der Waals surface area contributed by atoms with Crippen LogP contribution in [0.3, 0.4) is 0 Å². The number of hydrogen-bond donors (Lipinski definition) is 0. The molecule has 0 bridgehead atoms. The minimum Gasteiger partial charge on any atom is -0.497 e. The van der Waals surface area contributed by atoms with E-state index >= 15 is 0 Å². The highest BCUT2D eigenvalue weighted by atomic mass is 16.5. The van der Waals surface area contributed by atoms with Gasteiger partial charge in [0.05, 0.1) is 7.11 Å². The molecule has 3 nitrogen and oxygen atoms in total. The van der Waals surface area contributed by atoms with Gasteiger partial charge in [-0.25, -0.2) is 0 Å². The number of furan rings is 1. The Hall–Kier alpha value is -2.03. The average molecular weight is 216 g/mol. The molecule has 0 fully saturated rings. The second-order valence-corrected chi connectivity index (χ2v) is 3.48. The molecule has 0 saturated heterocycles. The highest BCUT2D eigenvalue weighted by molar-refractivity contribution is 5.86. The molecule has 2 rings (SSSR count). The molecule has 82 valence electrons. The van der Waals surface area contributed by atoms with Gasteiger partial charge in [-0.15, -0.1) is 0 Å². The lowest BCUT2D eigenvalue weighted by molar-refractivity contribution is 0.112. The van der Waals surface area contributed by atoms with Crippen LogP contribution in [0.5, 0.6) is 5.75 Å². The standard InChI is InChI=1S/C13H12O3/c1-9-3-6-13(16-9)12-5-4-11(15-2)7-10(12)8-14/h3-8H,1-2H3. The van der Waals surface area contributed by atoms with Crippen molar-refractivity contribution in [3.8, 4) is 17.1 Å². The molecule has 0 atom stereocenters. The number of ether oxygens (including phenoxy) is 1. The molecule has 0 saturated carbocycles. The summed E-state index contributed by atoms with van der Waals surface area (Å²) < 4.78 is 10.5. The fourth-order valence-corrected chi connectivity index (χ4v) is 1.57. The van der Waals surface area contributed by atoms with Crippen LogP contribution < -0.4 is 4.74 Å². The molecule has 0 aliphatic carbocycles. The Labute approximate surface area is 93.7 Å². The Morgan fingerprint density at radius 3 is 2.62 bits per heavy atom. The summed E-state index contributed by atoms with van der Waals surface area (Å²) in [5.41, 5.74) is 1.35. The van der Waals surface area contributed by atoms with E-state index in [1.807, 2.05) is 25.1 Å². The number of carbonyl (C=O) groups is 1. The smallest absolute Gasteiger partial charge is 0.150 e. The SMILES string of the molecule is COc1ccc(-c2ccc(C)o2)c(C=O)c1. The summed E-state index contributed by atoms with van der Waals surface area (Å²) in [6.45, 7) is 1.87. The molecule has 3 heteroatoms. The van der Waals surface area contributed by atoms with E-state index < -0.39 is 0 Å². The van der Waals surface area contributed by atoms with Crippen molar-refractivity contribution in [2.24, 2.45) is 0 Å². The van der Waals surface area contributed by atoms with Gasteiger partial charge in [0.25, 0.3) is 0 Å². The van der Waals surface area contributed by atoms with E-state index in [-0.39, 0.29) is 0 Å². The first kappa shape index (κ1) is 10.5. The maximum absolute atomic E-state index is 11.0. The molecule has 16 heavy (non-hydrogen) atoms. The number of methoxy groups -OCH3 is 1.